The van der Waals surface area contributed by atoms with E-state index < -0.39 is 0 Å². The molecule has 0 aliphatic carbocycles. The first kappa shape index (κ1) is 13.1. The van der Waals surface area contributed by atoms with Crippen molar-refractivity contribution in [1.82, 2.24) is 9.88 Å². The number of hydrogen-bond acceptors (Lipinski definition) is 3. The molecule has 0 saturated carbocycles. The Kier molecular flexibility index (Phi) is 4.90. The van der Waals surface area contributed by atoms with Gasteiger partial charge in [-0.15, -0.1) is 0 Å². The van der Waals surface area contributed by atoms with Gasteiger partial charge in [-0.3, -0.25) is 9.88 Å². The van der Waals surface area contributed by atoms with Gasteiger partial charge in [-0.2, -0.15) is 0 Å². The van der Waals surface area contributed by atoms with E-state index in [2.05, 4.69) is 9.88 Å². The molecule has 0 radical (unpaired) electrons. The van der Waals surface area contributed by atoms with Gasteiger partial charge in [-0.1, -0.05) is 19.9 Å². The van der Waals surface area contributed by atoms with Crippen LogP contribution in [0.5, 0.6) is 0 Å². The van der Waals surface area contributed by atoms with Crippen LogP contribution in [-0.2, 0) is 6.54 Å². The molecule has 1 aromatic rings. The second kappa shape index (κ2) is 5.97. The molecular formula is C13H22N2O. The number of rotatable bonds is 5. The maximum Gasteiger partial charge on any atom is 0.0689 e. The van der Waals surface area contributed by atoms with Crippen LogP contribution in [0.15, 0.2) is 18.2 Å². The number of aliphatic hydroxyl groups is 1. The van der Waals surface area contributed by atoms with Crippen LogP contribution in [0.1, 0.15) is 25.2 Å². The summed E-state index contributed by atoms with van der Waals surface area (Å²) in [5.74, 6) is 0.299. The summed E-state index contributed by atoms with van der Waals surface area (Å²) in [6, 6.07) is 6.03. The molecule has 0 aliphatic heterocycles. The van der Waals surface area contributed by atoms with Crippen LogP contribution in [0, 0.1) is 12.8 Å². The van der Waals surface area contributed by atoms with Crippen LogP contribution in [-0.4, -0.2) is 34.7 Å². The topological polar surface area (TPSA) is 36.4 Å². The van der Waals surface area contributed by atoms with Crippen molar-refractivity contribution in [3.05, 3.63) is 29.6 Å². The van der Waals surface area contributed by atoms with Crippen LogP contribution < -0.4 is 0 Å². The fourth-order valence-corrected chi connectivity index (χ4v) is 1.56. The van der Waals surface area contributed by atoms with Gasteiger partial charge in [-0.05, 0) is 32.0 Å². The maximum absolute atomic E-state index is 9.77. The molecule has 3 nitrogen and oxygen atoms in total. The molecule has 0 saturated heterocycles. The molecule has 0 aliphatic rings. The fraction of sp³-hybridized carbons (Fsp3) is 0.615. The molecule has 1 atom stereocenters. The average molecular weight is 222 g/mol. The smallest absolute Gasteiger partial charge is 0.0689 e. The zero-order valence-corrected chi connectivity index (χ0v) is 10.6. The molecule has 0 aromatic carbocycles. The number of aromatic nitrogens is 1. The molecule has 1 heterocycles. The minimum Gasteiger partial charge on any atom is -0.392 e. The Morgan fingerprint density at radius 1 is 1.38 bits per heavy atom. The van der Waals surface area contributed by atoms with Crippen molar-refractivity contribution in [2.45, 2.75) is 33.4 Å². The molecule has 1 unspecified atom stereocenters. The van der Waals surface area contributed by atoms with Crippen molar-refractivity contribution in [2.24, 2.45) is 5.92 Å². The first-order valence-corrected chi connectivity index (χ1v) is 5.78. The Morgan fingerprint density at radius 3 is 2.62 bits per heavy atom. The van der Waals surface area contributed by atoms with E-state index in [0.717, 1.165) is 17.9 Å². The fourth-order valence-electron chi connectivity index (χ4n) is 1.56. The van der Waals surface area contributed by atoms with Gasteiger partial charge in [0.1, 0.15) is 0 Å². The second-order valence-corrected chi connectivity index (χ2v) is 4.78. The van der Waals surface area contributed by atoms with Gasteiger partial charge in [0.15, 0.2) is 0 Å². The maximum atomic E-state index is 9.77. The minimum atomic E-state index is -0.269. The molecule has 0 amide bonds. The number of aliphatic hydroxyl groups excluding tert-OH is 1. The summed E-state index contributed by atoms with van der Waals surface area (Å²) in [5, 5.41) is 9.77. The minimum absolute atomic E-state index is 0.269. The normalized spacial score (nSPS) is 13.4. The van der Waals surface area contributed by atoms with E-state index in [1.807, 2.05) is 46.0 Å². The third-order valence-corrected chi connectivity index (χ3v) is 2.65. The first-order chi connectivity index (χ1) is 7.49. The zero-order chi connectivity index (χ0) is 12.1. The van der Waals surface area contributed by atoms with Crippen molar-refractivity contribution >= 4 is 0 Å². The molecule has 1 rings (SSSR count). The monoisotopic (exact) mass is 222 g/mol. The van der Waals surface area contributed by atoms with E-state index in [4.69, 9.17) is 0 Å². The molecule has 16 heavy (non-hydrogen) atoms. The van der Waals surface area contributed by atoms with Gasteiger partial charge < -0.3 is 5.11 Å². The Balaban J connectivity index is 2.48. The predicted molar refractivity (Wildman–Crippen MR) is 66.2 cm³/mol. The van der Waals surface area contributed by atoms with Crippen molar-refractivity contribution in [3.8, 4) is 0 Å². The van der Waals surface area contributed by atoms with Gasteiger partial charge in [0.05, 0.1) is 11.8 Å². The number of hydrogen-bond donors (Lipinski definition) is 1. The summed E-state index contributed by atoms with van der Waals surface area (Å²) in [6.45, 7) is 7.53. The highest BCUT2D eigenvalue weighted by Gasteiger charge is 2.12. The van der Waals surface area contributed by atoms with E-state index in [0.29, 0.717) is 12.5 Å². The lowest BCUT2D eigenvalue weighted by molar-refractivity contribution is 0.0834. The third kappa shape index (κ3) is 4.29. The molecule has 3 heteroatoms. The second-order valence-electron chi connectivity index (χ2n) is 4.78. The molecule has 1 aromatic heterocycles. The van der Waals surface area contributed by atoms with Gasteiger partial charge in [0, 0.05) is 18.8 Å². The summed E-state index contributed by atoms with van der Waals surface area (Å²) < 4.78 is 0. The van der Waals surface area contributed by atoms with Gasteiger partial charge in [0.2, 0.25) is 0 Å². The Labute approximate surface area is 98.1 Å². The largest absolute Gasteiger partial charge is 0.392 e. The summed E-state index contributed by atoms with van der Waals surface area (Å²) in [5.41, 5.74) is 2.09. The van der Waals surface area contributed by atoms with Gasteiger partial charge >= 0.3 is 0 Å². The molecule has 0 fully saturated rings. The first-order valence-electron chi connectivity index (χ1n) is 5.78. The van der Waals surface area contributed by atoms with Crippen molar-refractivity contribution < 1.29 is 5.11 Å². The summed E-state index contributed by atoms with van der Waals surface area (Å²) in [6.07, 6.45) is -0.269. The Hall–Kier alpha value is -0.930. The highest BCUT2D eigenvalue weighted by Crippen LogP contribution is 2.06. The standard InChI is InChI=1S/C13H22N2O/c1-10(2)13(16)9-15(4)8-12-7-5-6-11(3)14-12/h5-7,10,13,16H,8-9H2,1-4H3. The van der Waals surface area contributed by atoms with Gasteiger partial charge in [0.25, 0.3) is 0 Å². The van der Waals surface area contributed by atoms with Crippen molar-refractivity contribution in [1.29, 1.82) is 0 Å². The van der Waals surface area contributed by atoms with E-state index in [9.17, 15) is 5.11 Å². The quantitative estimate of drug-likeness (QED) is 0.826. The predicted octanol–water partition coefficient (Wildman–Crippen LogP) is 1.84. The Bertz CT molecular complexity index is 325. The van der Waals surface area contributed by atoms with Gasteiger partial charge in [-0.25, -0.2) is 0 Å². The number of nitrogens with zero attached hydrogens (tertiary/aromatic N) is 2. The number of likely N-dealkylation sites (N-methyl/N-ethyl adjacent to an activating group) is 1. The summed E-state index contributed by atoms with van der Waals surface area (Å²) >= 11 is 0. The highest BCUT2D eigenvalue weighted by molar-refractivity contribution is 5.09. The van der Waals surface area contributed by atoms with Crippen molar-refractivity contribution in [3.63, 3.8) is 0 Å². The SMILES string of the molecule is Cc1cccc(CN(C)CC(O)C(C)C)n1. The van der Waals surface area contributed by atoms with Crippen LogP contribution in [0.4, 0.5) is 0 Å². The van der Waals surface area contributed by atoms with E-state index in [1.54, 1.807) is 0 Å². The summed E-state index contributed by atoms with van der Waals surface area (Å²) in [7, 11) is 2.01. The molecule has 0 bridgehead atoms. The lowest BCUT2D eigenvalue weighted by Crippen LogP contribution is -2.32. The number of pyridine rings is 1. The highest BCUT2D eigenvalue weighted by atomic mass is 16.3. The van der Waals surface area contributed by atoms with Crippen molar-refractivity contribution in [2.75, 3.05) is 13.6 Å². The summed E-state index contributed by atoms with van der Waals surface area (Å²) in [4.78, 5) is 6.55. The zero-order valence-electron chi connectivity index (χ0n) is 10.6. The van der Waals surface area contributed by atoms with E-state index in [-0.39, 0.29) is 6.10 Å². The third-order valence-electron chi connectivity index (χ3n) is 2.65. The Morgan fingerprint density at radius 2 is 2.06 bits per heavy atom. The lowest BCUT2D eigenvalue weighted by Gasteiger charge is -2.22. The lowest BCUT2D eigenvalue weighted by atomic mass is 10.1. The molecule has 0 spiro atoms. The average Bonchev–Trinajstić information content (AvgIpc) is 2.16. The van der Waals surface area contributed by atoms with E-state index >= 15 is 0 Å². The van der Waals surface area contributed by atoms with Crippen LogP contribution in [0.2, 0.25) is 0 Å². The molecule has 90 valence electrons. The van der Waals surface area contributed by atoms with Crippen LogP contribution in [0.25, 0.3) is 0 Å². The number of aryl methyl sites for hydroxylation is 1. The van der Waals surface area contributed by atoms with E-state index in [1.165, 1.54) is 0 Å². The van der Waals surface area contributed by atoms with Crippen LogP contribution in [0.3, 0.4) is 0 Å². The molecule has 1 N–H and O–H groups in total. The molecular weight excluding hydrogens is 200 g/mol. The van der Waals surface area contributed by atoms with Crippen LogP contribution >= 0.6 is 0 Å².